The minimum absolute atomic E-state index is 0.0617. The van der Waals surface area contributed by atoms with E-state index in [9.17, 15) is 14.4 Å². The van der Waals surface area contributed by atoms with E-state index in [4.69, 9.17) is 14.2 Å². The van der Waals surface area contributed by atoms with E-state index >= 15 is 0 Å². The quantitative estimate of drug-likeness (QED) is 0.0343. The van der Waals surface area contributed by atoms with Crippen LogP contribution in [0.1, 0.15) is 355 Å². The molecular formula is C62H120O6. The van der Waals surface area contributed by atoms with Gasteiger partial charge in [0.25, 0.3) is 0 Å². The molecule has 0 rings (SSSR count). The van der Waals surface area contributed by atoms with E-state index in [1.165, 1.54) is 250 Å². The summed E-state index contributed by atoms with van der Waals surface area (Å²) >= 11 is 0. The lowest BCUT2D eigenvalue weighted by molar-refractivity contribution is -0.167. The number of rotatable bonds is 57. The average molecular weight is 962 g/mol. The van der Waals surface area contributed by atoms with Gasteiger partial charge in [-0.25, -0.2) is 0 Å². The Morgan fingerprint density at radius 2 is 0.485 bits per heavy atom. The molecule has 0 spiro atoms. The van der Waals surface area contributed by atoms with E-state index in [0.717, 1.165) is 63.7 Å². The Labute approximate surface area is 425 Å². The van der Waals surface area contributed by atoms with Crippen molar-refractivity contribution in [1.29, 1.82) is 0 Å². The van der Waals surface area contributed by atoms with Crippen LogP contribution in [0.5, 0.6) is 0 Å². The second-order valence-corrected chi connectivity index (χ2v) is 21.8. The maximum absolute atomic E-state index is 12.9. The van der Waals surface area contributed by atoms with Crippen LogP contribution in [0.2, 0.25) is 0 Å². The number of hydrogen-bond donors (Lipinski definition) is 0. The topological polar surface area (TPSA) is 78.9 Å². The Morgan fingerprint density at radius 1 is 0.279 bits per heavy atom. The molecule has 404 valence electrons. The number of esters is 3. The standard InChI is InChI=1S/C62H120O6/c1-5-7-9-11-13-15-17-19-21-23-25-27-28-30-32-37-41-45-49-53-60(63)66-56-59(57-67-61(64)54-50-46-42-38-35-34-36-40-44-48-52-58(3)4)68-62(65)55-51-47-43-39-33-31-29-26-24-22-20-18-16-14-12-10-8-6-2/h58-59H,5-57H2,1-4H3/t59-/m0/s1. The van der Waals surface area contributed by atoms with Crippen molar-refractivity contribution >= 4 is 17.9 Å². The van der Waals surface area contributed by atoms with Gasteiger partial charge in [0.15, 0.2) is 6.10 Å². The Bertz CT molecular complexity index is 1030. The summed E-state index contributed by atoms with van der Waals surface area (Å²) in [6.07, 6.45) is 62.5. The van der Waals surface area contributed by atoms with Gasteiger partial charge in [0.2, 0.25) is 0 Å². The molecule has 0 unspecified atom stereocenters. The SMILES string of the molecule is CCCCCCCCCCCCCCCCCCCCCC(=O)OC[C@@H](COC(=O)CCCCCCCCCCCCC(C)C)OC(=O)CCCCCCCCCCCCCCCCCCCC. The van der Waals surface area contributed by atoms with Gasteiger partial charge in [-0.2, -0.15) is 0 Å². The lowest BCUT2D eigenvalue weighted by Crippen LogP contribution is -2.30. The van der Waals surface area contributed by atoms with Crippen molar-refractivity contribution in [2.75, 3.05) is 13.2 Å². The van der Waals surface area contributed by atoms with Gasteiger partial charge in [-0.15, -0.1) is 0 Å². The van der Waals surface area contributed by atoms with Crippen molar-refractivity contribution in [2.45, 2.75) is 361 Å². The van der Waals surface area contributed by atoms with Gasteiger partial charge in [0.1, 0.15) is 13.2 Å². The van der Waals surface area contributed by atoms with Crippen molar-refractivity contribution in [3.8, 4) is 0 Å². The zero-order valence-corrected chi connectivity index (χ0v) is 46.6. The Hall–Kier alpha value is -1.59. The predicted molar refractivity (Wildman–Crippen MR) is 293 cm³/mol. The molecule has 0 radical (unpaired) electrons. The summed E-state index contributed by atoms with van der Waals surface area (Å²) < 4.78 is 16.9. The highest BCUT2D eigenvalue weighted by Gasteiger charge is 2.19. The van der Waals surface area contributed by atoms with E-state index in [1.807, 2.05) is 0 Å². The van der Waals surface area contributed by atoms with Crippen LogP contribution < -0.4 is 0 Å². The number of ether oxygens (including phenoxy) is 3. The molecule has 1 atom stereocenters. The molecule has 0 aliphatic carbocycles. The molecule has 0 saturated heterocycles. The van der Waals surface area contributed by atoms with Gasteiger partial charge in [-0.3, -0.25) is 14.4 Å². The summed E-state index contributed by atoms with van der Waals surface area (Å²) in [5, 5.41) is 0. The normalized spacial score (nSPS) is 12.0. The third-order valence-electron chi connectivity index (χ3n) is 14.3. The van der Waals surface area contributed by atoms with E-state index in [1.54, 1.807) is 0 Å². The van der Waals surface area contributed by atoms with Gasteiger partial charge in [0.05, 0.1) is 0 Å². The molecule has 0 aliphatic heterocycles. The van der Waals surface area contributed by atoms with E-state index in [0.29, 0.717) is 19.3 Å². The molecule has 0 amide bonds. The average Bonchev–Trinajstić information content (AvgIpc) is 3.32. The lowest BCUT2D eigenvalue weighted by atomic mass is 10.0. The summed E-state index contributed by atoms with van der Waals surface area (Å²) in [6, 6.07) is 0. The molecule has 0 aromatic carbocycles. The first-order chi connectivity index (χ1) is 33.4. The molecule has 6 heteroatoms. The maximum atomic E-state index is 12.9. The Morgan fingerprint density at radius 3 is 0.721 bits per heavy atom. The third-order valence-corrected chi connectivity index (χ3v) is 14.3. The van der Waals surface area contributed by atoms with Gasteiger partial charge < -0.3 is 14.2 Å². The first-order valence-corrected chi connectivity index (χ1v) is 30.9. The van der Waals surface area contributed by atoms with E-state index in [-0.39, 0.29) is 31.1 Å². The first-order valence-electron chi connectivity index (χ1n) is 30.9. The van der Waals surface area contributed by atoms with Crippen LogP contribution in [0, 0.1) is 5.92 Å². The number of carbonyl (C=O) groups excluding carboxylic acids is 3. The van der Waals surface area contributed by atoms with Crippen molar-refractivity contribution < 1.29 is 28.6 Å². The molecule has 0 N–H and O–H groups in total. The summed E-state index contributed by atoms with van der Waals surface area (Å²) in [5.41, 5.74) is 0. The second kappa shape index (κ2) is 56.3. The molecule has 0 fully saturated rings. The molecule has 0 aliphatic rings. The molecule has 6 nitrogen and oxygen atoms in total. The molecule has 0 bridgehead atoms. The lowest BCUT2D eigenvalue weighted by Gasteiger charge is -2.18. The largest absolute Gasteiger partial charge is 0.462 e. The van der Waals surface area contributed by atoms with Gasteiger partial charge >= 0.3 is 17.9 Å². The minimum atomic E-state index is -0.763. The van der Waals surface area contributed by atoms with Gasteiger partial charge in [0, 0.05) is 19.3 Å². The van der Waals surface area contributed by atoms with Gasteiger partial charge in [-0.1, -0.05) is 317 Å². The predicted octanol–water partition coefficient (Wildman–Crippen LogP) is 20.6. The smallest absolute Gasteiger partial charge is 0.306 e. The van der Waals surface area contributed by atoms with Crippen LogP contribution in [-0.4, -0.2) is 37.2 Å². The summed E-state index contributed by atoms with van der Waals surface area (Å²) in [7, 11) is 0. The molecular weight excluding hydrogens is 841 g/mol. The highest BCUT2D eigenvalue weighted by Crippen LogP contribution is 2.18. The van der Waals surface area contributed by atoms with Crippen molar-refractivity contribution in [2.24, 2.45) is 5.92 Å². The van der Waals surface area contributed by atoms with E-state index in [2.05, 4.69) is 27.7 Å². The summed E-state index contributed by atoms with van der Waals surface area (Å²) in [6.45, 7) is 9.06. The second-order valence-electron chi connectivity index (χ2n) is 21.8. The molecule has 0 aromatic heterocycles. The molecule has 0 heterocycles. The fourth-order valence-electron chi connectivity index (χ4n) is 9.63. The van der Waals surface area contributed by atoms with Crippen LogP contribution >= 0.6 is 0 Å². The van der Waals surface area contributed by atoms with Crippen LogP contribution in [0.4, 0.5) is 0 Å². The van der Waals surface area contributed by atoms with Crippen LogP contribution in [0.15, 0.2) is 0 Å². The minimum Gasteiger partial charge on any atom is -0.462 e. The third kappa shape index (κ3) is 55.3. The highest BCUT2D eigenvalue weighted by atomic mass is 16.6. The highest BCUT2D eigenvalue weighted by molar-refractivity contribution is 5.71. The van der Waals surface area contributed by atoms with Crippen LogP contribution in [0.3, 0.4) is 0 Å². The van der Waals surface area contributed by atoms with Crippen molar-refractivity contribution in [1.82, 2.24) is 0 Å². The summed E-state index contributed by atoms with van der Waals surface area (Å²) in [5.74, 6) is -0.0137. The number of hydrogen-bond acceptors (Lipinski definition) is 6. The fraction of sp³-hybridized carbons (Fsp3) is 0.952. The van der Waals surface area contributed by atoms with Crippen molar-refractivity contribution in [3.63, 3.8) is 0 Å². The monoisotopic (exact) mass is 961 g/mol. The van der Waals surface area contributed by atoms with Crippen LogP contribution in [0.25, 0.3) is 0 Å². The fourth-order valence-corrected chi connectivity index (χ4v) is 9.63. The van der Waals surface area contributed by atoms with Crippen molar-refractivity contribution in [3.05, 3.63) is 0 Å². The number of unbranched alkanes of at least 4 members (excludes halogenated alkanes) is 44. The first kappa shape index (κ1) is 66.4. The number of carbonyl (C=O) groups is 3. The zero-order chi connectivity index (χ0) is 49.5. The molecule has 68 heavy (non-hydrogen) atoms. The maximum Gasteiger partial charge on any atom is 0.306 e. The molecule has 0 saturated carbocycles. The van der Waals surface area contributed by atoms with E-state index < -0.39 is 6.10 Å². The molecule has 0 aromatic rings. The zero-order valence-electron chi connectivity index (χ0n) is 46.6. The van der Waals surface area contributed by atoms with Crippen LogP contribution in [-0.2, 0) is 28.6 Å². The summed E-state index contributed by atoms with van der Waals surface area (Å²) in [4.78, 5) is 38.2. The Kier molecular flexibility index (Phi) is 55.0. The van der Waals surface area contributed by atoms with Gasteiger partial charge in [-0.05, 0) is 25.2 Å². The Balaban J connectivity index is 4.26.